The van der Waals surface area contributed by atoms with Gasteiger partial charge in [0.2, 0.25) is 0 Å². The molecule has 0 saturated heterocycles. The molecule has 0 aromatic carbocycles. The molecule has 0 bridgehead atoms. The van der Waals surface area contributed by atoms with E-state index in [9.17, 15) is 0 Å². The summed E-state index contributed by atoms with van der Waals surface area (Å²) in [6.07, 6.45) is 9.92. The molecule has 0 spiro atoms. The van der Waals surface area contributed by atoms with E-state index in [0.29, 0.717) is 0 Å². The number of allylic oxidation sites excluding steroid dienone is 8. The second-order valence-electron chi connectivity index (χ2n) is 2.99. The molecule has 0 rings (SSSR count). The minimum absolute atomic E-state index is 1.05. The van der Waals surface area contributed by atoms with E-state index in [4.69, 9.17) is 0 Å². The fourth-order valence-corrected chi connectivity index (χ4v) is 0.764. The first-order valence-corrected chi connectivity index (χ1v) is 4.41. The highest BCUT2D eigenvalue weighted by atomic mass is 13.9. The molecule has 0 aliphatic heterocycles. The van der Waals surface area contributed by atoms with Crippen molar-refractivity contribution in [3.05, 3.63) is 60.3 Å². The highest BCUT2D eigenvalue weighted by Crippen LogP contribution is 2.09. The number of hydrogen-bond acceptors (Lipinski definition) is 0. The van der Waals surface area contributed by atoms with Crippen molar-refractivity contribution in [3.8, 4) is 0 Å². The summed E-state index contributed by atoms with van der Waals surface area (Å²) in [5.41, 5.74) is 3.39. The van der Waals surface area contributed by atoms with Gasteiger partial charge in [-0.15, -0.1) is 0 Å². The Morgan fingerprint density at radius 1 is 1.15 bits per heavy atom. The van der Waals surface area contributed by atoms with E-state index in [2.05, 4.69) is 26.2 Å². The molecule has 0 aliphatic rings. The molecule has 70 valence electrons. The topological polar surface area (TPSA) is 0 Å². The first-order chi connectivity index (χ1) is 6.11. The Hall–Kier alpha value is -1.30. The highest BCUT2D eigenvalue weighted by molar-refractivity contribution is 5.38. The van der Waals surface area contributed by atoms with Crippen LogP contribution in [0.5, 0.6) is 0 Å². The van der Waals surface area contributed by atoms with Crippen molar-refractivity contribution in [3.63, 3.8) is 0 Å². The number of hydrogen-bond donors (Lipinski definition) is 0. The van der Waals surface area contributed by atoms with Gasteiger partial charge in [0.15, 0.2) is 0 Å². The lowest BCUT2D eigenvalue weighted by Crippen LogP contribution is -1.77. The summed E-state index contributed by atoms with van der Waals surface area (Å²) < 4.78 is 0. The predicted octanol–water partition coefficient (Wildman–Crippen LogP) is 4.20. The van der Waals surface area contributed by atoms with Gasteiger partial charge in [0, 0.05) is 0 Å². The van der Waals surface area contributed by atoms with Crippen molar-refractivity contribution in [2.24, 2.45) is 0 Å². The van der Waals surface area contributed by atoms with Gasteiger partial charge >= 0.3 is 0 Å². The third-order valence-electron chi connectivity index (χ3n) is 1.79. The average Bonchev–Trinajstić information content (AvgIpc) is 2.13. The van der Waals surface area contributed by atoms with Crippen molar-refractivity contribution in [2.45, 2.75) is 20.8 Å². The minimum Gasteiger partial charge on any atom is -0.0988 e. The molecule has 0 aromatic heterocycles. The summed E-state index contributed by atoms with van der Waals surface area (Å²) in [4.78, 5) is 0. The zero-order valence-corrected chi connectivity index (χ0v) is 8.80. The first kappa shape index (κ1) is 11.7. The molecule has 0 radical (unpaired) electrons. The maximum Gasteiger partial charge on any atom is -0.0303 e. The maximum absolute atomic E-state index is 3.94. The average molecular weight is 174 g/mol. The van der Waals surface area contributed by atoms with Gasteiger partial charge in [-0.25, -0.2) is 0 Å². The molecule has 0 fully saturated rings. The quantitative estimate of drug-likeness (QED) is 0.560. The number of rotatable bonds is 4. The standard InChI is InChI=1S/C13H18/c1-6-8-12(4)13(5)10-9-11(3)7-2/h6-10H,2,4H2,1,3,5H3/b8-6-,11-9-,13-10+. The van der Waals surface area contributed by atoms with Crippen LogP contribution in [0.3, 0.4) is 0 Å². The van der Waals surface area contributed by atoms with E-state index in [1.165, 1.54) is 5.57 Å². The molecular formula is C13H18. The molecule has 0 aromatic rings. The van der Waals surface area contributed by atoms with E-state index in [-0.39, 0.29) is 0 Å². The highest BCUT2D eigenvalue weighted by Gasteiger charge is 1.88. The Balaban J connectivity index is 4.50. The summed E-state index contributed by atoms with van der Waals surface area (Å²) in [6, 6.07) is 0. The summed E-state index contributed by atoms with van der Waals surface area (Å²) in [5, 5.41) is 0. The maximum atomic E-state index is 3.94. The van der Waals surface area contributed by atoms with E-state index >= 15 is 0 Å². The normalized spacial score (nSPS) is 13.5. The zero-order valence-electron chi connectivity index (χ0n) is 8.80. The molecule has 0 nitrogen and oxygen atoms in total. The molecule has 0 saturated carbocycles. The molecule has 0 atom stereocenters. The van der Waals surface area contributed by atoms with Crippen LogP contribution in [0, 0.1) is 0 Å². The Bertz CT molecular complexity index is 272. The summed E-state index contributed by atoms with van der Waals surface area (Å²) in [6.45, 7) is 13.7. The zero-order chi connectivity index (χ0) is 10.3. The Kier molecular flexibility index (Phi) is 5.62. The van der Waals surface area contributed by atoms with Crippen LogP contribution < -0.4 is 0 Å². The Morgan fingerprint density at radius 2 is 1.77 bits per heavy atom. The van der Waals surface area contributed by atoms with E-state index in [1.54, 1.807) is 0 Å². The van der Waals surface area contributed by atoms with E-state index in [0.717, 1.165) is 11.1 Å². The van der Waals surface area contributed by atoms with Gasteiger partial charge < -0.3 is 0 Å². The van der Waals surface area contributed by atoms with Crippen LogP contribution in [0.2, 0.25) is 0 Å². The van der Waals surface area contributed by atoms with Gasteiger partial charge in [-0.3, -0.25) is 0 Å². The fraction of sp³-hybridized carbons (Fsp3) is 0.231. The van der Waals surface area contributed by atoms with E-state index in [1.807, 2.05) is 38.2 Å². The molecule has 13 heavy (non-hydrogen) atoms. The smallest absolute Gasteiger partial charge is 0.0303 e. The molecule has 0 heterocycles. The molecule has 0 N–H and O–H groups in total. The van der Waals surface area contributed by atoms with Crippen molar-refractivity contribution in [1.29, 1.82) is 0 Å². The lowest BCUT2D eigenvalue weighted by Gasteiger charge is -1.97. The predicted molar refractivity (Wildman–Crippen MR) is 61.7 cm³/mol. The fourth-order valence-electron chi connectivity index (χ4n) is 0.764. The van der Waals surface area contributed by atoms with Crippen molar-refractivity contribution in [2.75, 3.05) is 0 Å². The third kappa shape index (κ3) is 5.02. The van der Waals surface area contributed by atoms with Crippen LogP contribution in [0.1, 0.15) is 20.8 Å². The largest absolute Gasteiger partial charge is 0.0988 e. The molecule has 0 amide bonds. The second-order valence-corrected chi connectivity index (χ2v) is 2.99. The minimum atomic E-state index is 1.05. The van der Waals surface area contributed by atoms with Crippen LogP contribution in [0.15, 0.2) is 60.3 Å². The van der Waals surface area contributed by atoms with Crippen molar-refractivity contribution in [1.82, 2.24) is 0 Å². The third-order valence-corrected chi connectivity index (χ3v) is 1.79. The van der Waals surface area contributed by atoms with Gasteiger partial charge in [0.25, 0.3) is 0 Å². The van der Waals surface area contributed by atoms with Crippen LogP contribution in [0.4, 0.5) is 0 Å². The summed E-state index contributed by atoms with van der Waals surface area (Å²) in [7, 11) is 0. The van der Waals surface area contributed by atoms with Gasteiger partial charge in [-0.2, -0.15) is 0 Å². The van der Waals surface area contributed by atoms with Crippen LogP contribution in [-0.2, 0) is 0 Å². The molecular weight excluding hydrogens is 156 g/mol. The molecule has 0 heteroatoms. The monoisotopic (exact) mass is 174 g/mol. The van der Waals surface area contributed by atoms with Crippen LogP contribution in [-0.4, -0.2) is 0 Å². The van der Waals surface area contributed by atoms with Gasteiger partial charge in [0.1, 0.15) is 0 Å². The van der Waals surface area contributed by atoms with Crippen LogP contribution in [0.25, 0.3) is 0 Å². The molecule has 0 unspecified atom stereocenters. The Labute approximate surface area is 81.7 Å². The Morgan fingerprint density at radius 3 is 2.23 bits per heavy atom. The van der Waals surface area contributed by atoms with Gasteiger partial charge in [-0.05, 0) is 31.9 Å². The van der Waals surface area contributed by atoms with Crippen molar-refractivity contribution < 1.29 is 0 Å². The molecule has 0 aliphatic carbocycles. The summed E-state index contributed by atoms with van der Waals surface area (Å²) >= 11 is 0. The lowest BCUT2D eigenvalue weighted by atomic mass is 10.1. The second kappa shape index (κ2) is 6.24. The van der Waals surface area contributed by atoms with E-state index < -0.39 is 0 Å². The van der Waals surface area contributed by atoms with Crippen molar-refractivity contribution >= 4 is 0 Å². The van der Waals surface area contributed by atoms with Gasteiger partial charge in [-0.1, -0.05) is 49.1 Å². The summed E-state index contributed by atoms with van der Waals surface area (Å²) in [5.74, 6) is 0. The van der Waals surface area contributed by atoms with Crippen LogP contribution >= 0.6 is 0 Å². The lowest BCUT2D eigenvalue weighted by molar-refractivity contribution is 1.42. The first-order valence-electron chi connectivity index (χ1n) is 4.41. The SMILES string of the molecule is C=C/C(C)=C\C=C(/C)C(=C)/C=C\C. The van der Waals surface area contributed by atoms with Gasteiger partial charge in [0.05, 0.1) is 0 Å².